The zero-order valence-corrected chi connectivity index (χ0v) is 12.0. The van der Waals surface area contributed by atoms with Gasteiger partial charge in [0.25, 0.3) is 0 Å². The van der Waals surface area contributed by atoms with Crippen LogP contribution in [0, 0.1) is 6.92 Å². The molecule has 1 fully saturated rings. The highest BCUT2D eigenvalue weighted by Gasteiger charge is 2.21. The summed E-state index contributed by atoms with van der Waals surface area (Å²) in [5, 5.41) is 0. The van der Waals surface area contributed by atoms with Crippen molar-refractivity contribution < 1.29 is 0 Å². The summed E-state index contributed by atoms with van der Waals surface area (Å²) in [6, 6.07) is 2.77. The molecule has 2 rings (SSSR count). The van der Waals surface area contributed by atoms with E-state index in [1.54, 1.807) is 0 Å². The molecule has 1 aromatic heterocycles. The lowest BCUT2D eigenvalue weighted by Gasteiger charge is -2.35. The van der Waals surface area contributed by atoms with E-state index in [0.29, 0.717) is 6.04 Å². The molecule has 0 bridgehead atoms. The first-order chi connectivity index (χ1) is 8.31. The predicted molar refractivity (Wildman–Crippen MR) is 77.9 cm³/mol. The SMILES string of the molecule is Cc1ccncc1CN1CCCCC1CCN.Cl. The van der Waals surface area contributed by atoms with Crippen molar-refractivity contribution in [1.82, 2.24) is 9.88 Å². The van der Waals surface area contributed by atoms with Gasteiger partial charge in [-0.15, -0.1) is 12.4 Å². The number of pyridine rings is 1. The molecule has 1 saturated heterocycles. The first kappa shape index (κ1) is 15.4. The fraction of sp³-hybridized carbons (Fsp3) is 0.643. The van der Waals surface area contributed by atoms with Gasteiger partial charge in [0.2, 0.25) is 0 Å². The molecule has 0 aromatic carbocycles. The van der Waals surface area contributed by atoms with Crippen molar-refractivity contribution in [3.05, 3.63) is 29.6 Å². The largest absolute Gasteiger partial charge is 0.330 e. The average Bonchev–Trinajstić information content (AvgIpc) is 2.35. The molecule has 2 N–H and O–H groups in total. The van der Waals surface area contributed by atoms with E-state index in [0.717, 1.165) is 19.5 Å². The quantitative estimate of drug-likeness (QED) is 0.913. The van der Waals surface area contributed by atoms with Gasteiger partial charge in [0.05, 0.1) is 0 Å². The number of piperidine rings is 1. The Labute approximate surface area is 116 Å². The Hall–Kier alpha value is -0.640. The molecule has 1 aliphatic heterocycles. The van der Waals surface area contributed by atoms with E-state index in [1.165, 1.54) is 36.9 Å². The highest BCUT2D eigenvalue weighted by Crippen LogP contribution is 2.22. The number of rotatable bonds is 4. The van der Waals surface area contributed by atoms with Gasteiger partial charge in [-0.2, -0.15) is 0 Å². The van der Waals surface area contributed by atoms with Gasteiger partial charge in [-0.1, -0.05) is 6.42 Å². The van der Waals surface area contributed by atoms with Crippen LogP contribution < -0.4 is 5.73 Å². The van der Waals surface area contributed by atoms with Gasteiger partial charge in [0, 0.05) is 25.0 Å². The van der Waals surface area contributed by atoms with Gasteiger partial charge in [-0.3, -0.25) is 9.88 Å². The minimum Gasteiger partial charge on any atom is -0.330 e. The van der Waals surface area contributed by atoms with Crippen LogP contribution >= 0.6 is 12.4 Å². The summed E-state index contributed by atoms with van der Waals surface area (Å²) in [6.45, 7) is 5.20. The topological polar surface area (TPSA) is 42.2 Å². The number of hydrogen-bond acceptors (Lipinski definition) is 3. The Bertz CT molecular complexity index is 355. The van der Waals surface area contributed by atoms with Gasteiger partial charge in [-0.05, 0) is 56.5 Å². The Morgan fingerprint density at radius 2 is 2.28 bits per heavy atom. The third-order valence-electron chi connectivity index (χ3n) is 3.77. The molecule has 1 atom stereocenters. The van der Waals surface area contributed by atoms with Crippen LogP contribution in [-0.2, 0) is 6.54 Å². The van der Waals surface area contributed by atoms with E-state index >= 15 is 0 Å². The second-order valence-electron chi connectivity index (χ2n) is 5.00. The second kappa shape index (κ2) is 7.72. The smallest absolute Gasteiger partial charge is 0.0315 e. The van der Waals surface area contributed by atoms with Gasteiger partial charge in [0.1, 0.15) is 0 Å². The minimum atomic E-state index is 0. The number of likely N-dealkylation sites (tertiary alicyclic amines) is 1. The molecule has 0 spiro atoms. The zero-order chi connectivity index (χ0) is 12.1. The third kappa shape index (κ3) is 3.94. The summed E-state index contributed by atoms with van der Waals surface area (Å²) in [7, 11) is 0. The molecule has 4 heteroatoms. The maximum atomic E-state index is 5.71. The fourth-order valence-electron chi connectivity index (χ4n) is 2.67. The van der Waals surface area contributed by atoms with E-state index in [4.69, 9.17) is 5.73 Å². The van der Waals surface area contributed by atoms with Gasteiger partial charge < -0.3 is 5.73 Å². The number of hydrogen-bond donors (Lipinski definition) is 1. The van der Waals surface area contributed by atoms with Gasteiger partial charge in [0.15, 0.2) is 0 Å². The Morgan fingerprint density at radius 3 is 3.00 bits per heavy atom. The van der Waals surface area contributed by atoms with Gasteiger partial charge in [-0.25, -0.2) is 0 Å². The standard InChI is InChI=1S/C14H23N3.ClH/c1-12-6-8-16-10-13(12)11-17-9-3-2-4-14(17)5-7-15;/h6,8,10,14H,2-5,7,9,11,15H2,1H3;1H. The third-order valence-corrected chi connectivity index (χ3v) is 3.77. The number of halogens is 1. The first-order valence-electron chi connectivity index (χ1n) is 6.65. The van der Waals surface area contributed by atoms with Crippen molar-refractivity contribution in [1.29, 1.82) is 0 Å². The van der Waals surface area contributed by atoms with Crippen LogP contribution in [-0.4, -0.2) is 29.0 Å². The number of nitrogens with two attached hydrogens (primary N) is 1. The van der Waals surface area contributed by atoms with Gasteiger partial charge >= 0.3 is 0 Å². The molecule has 18 heavy (non-hydrogen) atoms. The molecule has 0 saturated carbocycles. The number of aryl methyl sites for hydroxylation is 1. The maximum absolute atomic E-state index is 5.71. The summed E-state index contributed by atoms with van der Waals surface area (Å²) < 4.78 is 0. The molecule has 0 amide bonds. The highest BCUT2D eigenvalue weighted by atomic mass is 35.5. The number of aromatic nitrogens is 1. The summed E-state index contributed by atoms with van der Waals surface area (Å²) >= 11 is 0. The average molecular weight is 270 g/mol. The Kier molecular flexibility index (Phi) is 6.61. The van der Waals surface area contributed by atoms with Crippen LogP contribution in [0.2, 0.25) is 0 Å². The summed E-state index contributed by atoms with van der Waals surface area (Å²) in [4.78, 5) is 6.81. The summed E-state index contributed by atoms with van der Waals surface area (Å²) in [5.74, 6) is 0. The molecule has 1 unspecified atom stereocenters. The second-order valence-corrected chi connectivity index (χ2v) is 5.00. The monoisotopic (exact) mass is 269 g/mol. The molecule has 102 valence electrons. The molecular weight excluding hydrogens is 246 g/mol. The summed E-state index contributed by atoms with van der Waals surface area (Å²) in [5.41, 5.74) is 8.41. The number of nitrogens with zero attached hydrogens (tertiary/aromatic N) is 2. The van der Waals surface area contributed by atoms with Crippen LogP contribution in [0.3, 0.4) is 0 Å². The lowest BCUT2D eigenvalue weighted by atomic mass is 9.98. The van der Waals surface area contributed by atoms with E-state index in [-0.39, 0.29) is 12.4 Å². The van der Waals surface area contributed by atoms with E-state index in [9.17, 15) is 0 Å². The van der Waals surface area contributed by atoms with Crippen molar-refractivity contribution in [3.63, 3.8) is 0 Å². The fourth-order valence-corrected chi connectivity index (χ4v) is 2.67. The van der Waals surface area contributed by atoms with Crippen molar-refractivity contribution in [2.75, 3.05) is 13.1 Å². The van der Waals surface area contributed by atoms with E-state index in [2.05, 4.69) is 22.9 Å². The molecular formula is C14H24ClN3. The van der Waals surface area contributed by atoms with Crippen LogP contribution in [0.1, 0.15) is 36.8 Å². The van der Waals surface area contributed by atoms with Crippen LogP contribution in [0.25, 0.3) is 0 Å². The molecule has 1 aliphatic rings. The van der Waals surface area contributed by atoms with Crippen LogP contribution in [0.5, 0.6) is 0 Å². The predicted octanol–water partition coefficient (Wildman–Crippen LogP) is 2.52. The van der Waals surface area contributed by atoms with Crippen molar-refractivity contribution >= 4 is 12.4 Å². The minimum absolute atomic E-state index is 0. The maximum Gasteiger partial charge on any atom is 0.0315 e. The molecule has 2 heterocycles. The molecule has 0 radical (unpaired) electrons. The normalized spacial score (nSPS) is 20.4. The molecule has 3 nitrogen and oxygen atoms in total. The van der Waals surface area contributed by atoms with Crippen LogP contribution in [0.4, 0.5) is 0 Å². The lowest BCUT2D eigenvalue weighted by Crippen LogP contribution is -2.40. The first-order valence-corrected chi connectivity index (χ1v) is 6.65. The lowest BCUT2D eigenvalue weighted by molar-refractivity contribution is 0.133. The molecule has 1 aromatic rings. The van der Waals surface area contributed by atoms with E-state index in [1.807, 2.05) is 12.4 Å². The van der Waals surface area contributed by atoms with Crippen molar-refractivity contribution in [3.8, 4) is 0 Å². The van der Waals surface area contributed by atoms with Crippen molar-refractivity contribution in [2.45, 2.75) is 45.2 Å². The Balaban J connectivity index is 0.00000162. The zero-order valence-electron chi connectivity index (χ0n) is 11.1. The molecule has 0 aliphatic carbocycles. The van der Waals surface area contributed by atoms with Crippen molar-refractivity contribution in [2.24, 2.45) is 5.73 Å². The van der Waals surface area contributed by atoms with E-state index < -0.39 is 0 Å². The summed E-state index contributed by atoms with van der Waals surface area (Å²) in [6.07, 6.45) is 8.97. The van der Waals surface area contributed by atoms with Crippen LogP contribution in [0.15, 0.2) is 18.5 Å². The Morgan fingerprint density at radius 1 is 1.44 bits per heavy atom. The highest BCUT2D eigenvalue weighted by molar-refractivity contribution is 5.85.